The number of rotatable bonds is 3. The predicted octanol–water partition coefficient (Wildman–Crippen LogP) is 0.819. The molecule has 5 heteroatoms. The van der Waals surface area contributed by atoms with Crippen molar-refractivity contribution in [2.24, 2.45) is 5.92 Å². The highest BCUT2D eigenvalue weighted by Crippen LogP contribution is 2.19. The number of anilines is 1. The number of aromatic nitrogens is 1. The zero-order chi connectivity index (χ0) is 12.3. The summed E-state index contributed by atoms with van der Waals surface area (Å²) < 4.78 is 5.44. The van der Waals surface area contributed by atoms with Gasteiger partial charge in [-0.1, -0.05) is 0 Å². The second-order valence-electron chi connectivity index (χ2n) is 4.31. The average molecular weight is 235 g/mol. The molecule has 1 fully saturated rings. The highest BCUT2D eigenvalue weighted by Gasteiger charge is 2.24. The van der Waals surface area contributed by atoms with Gasteiger partial charge in [-0.05, 0) is 25.5 Å². The van der Waals surface area contributed by atoms with Gasteiger partial charge in [0.05, 0.1) is 11.7 Å². The minimum absolute atomic E-state index is 0.114. The zero-order valence-corrected chi connectivity index (χ0v) is 9.85. The van der Waals surface area contributed by atoms with Gasteiger partial charge in [0.1, 0.15) is 5.82 Å². The quantitative estimate of drug-likeness (QED) is 0.813. The normalized spacial score (nSPS) is 23.6. The fraction of sp³-hybridized carbons (Fsp3) is 0.500. The maximum Gasteiger partial charge on any atom is 0.252 e. The summed E-state index contributed by atoms with van der Waals surface area (Å²) in [6, 6.07) is 3.29. The average Bonchev–Trinajstić information content (AvgIpc) is 2.73. The third kappa shape index (κ3) is 2.94. The summed E-state index contributed by atoms with van der Waals surface area (Å²) in [5, 5.41) is 2.89. The number of nitrogen functional groups attached to an aromatic ring is 1. The minimum Gasteiger partial charge on any atom is -0.384 e. The maximum atomic E-state index is 11.8. The lowest BCUT2D eigenvalue weighted by Gasteiger charge is -2.14. The van der Waals surface area contributed by atoms with Crippen molar-refractivity contribution in [2.75, 3.05) is 18.9 Å². The number of hydrogen-bond donors (Lipinski definition) is 2. The Morgan fingerprint density at radius 1 is 1.65 bits per heavy atom. The molecule has 0 aliphatic carbocycles. The first-order valence-corrected chi connectivity index (χ1v) is 5.78. The Labute approximate surface area is 100 Å². The molecule has 1 amide bonds. The number of nitrogens with zero attached hydrogens (tertiary/aromatic N) is 1. The Bertz CT molecular complexity index is 391. The number of nitrogens with one attached hydrogen (secondary N) is 1. The second-order valence-corrected chi connectivity index (χ2v) is 4.31. The van der Waals surface area contributed by atoms with Crippen molar-refractivity contribution in [3.05, 3.63) is 23.9 Å². The Hall–Kier alpha value is -1.62. The Morgan fingerprint density at radius 2 is 2.47 bits per heavy atom. The summed E-state index contributed by atoms with van der Waals surface area (Å²) in [7, 11) is 0. The van der Waals surface area contributed by atoms with Crippen LogP contribution in [0.1, 0.15) is 23.7 Å². The van der Waals surface area contributed by atoms with E-state index in [4.69, 9.17) is 10.5 Å². The molecule has 2 rings (SSSR count). The van der Waals surface area contributed by atoms with Crippen molar-refractivity contribution in [3.8, 4) is 0 Å². The summed E-state index contributed by atoms with van der Waals surface area (Å²) in [4.78, 5) is 15.7. The van der Waals surface area contributed by atoms with Crippen LogP contribution in [0.4, 0.5) is 5.82 Å². The molecule has 17 heavy (non-hydrogen) atoms. The van der Waals surface area contributed by atoms with Gasteiger partial charge in [-0.25, -0.2) is 4.98 Å². The van der Waals surface area contributed by atoms with Crippen LogP contribution in [0, 0.1) is 5.92 Å². The number of amides is 1. The number of nitrogens with two attached hydrogens (primary N) is 1. The van der Waals surface area contributed by atoms with Gasteiger partial charge in [0.15, 0.2) is 0 Å². The van der Waals surface area contributed by atoms with Crippen molar-refractivity contribution < 1.29 is 9.53 Å². The van der Waals surface area contributed by atoms with Crippen LogP contribution in [0.3, 0.4) is 0 Å². The molecule has 0 radical (unpaired) electrons. The Morgan fingerprint density at radius 3 is 3.06 bits per heavy atom. The molecule has 1 aromatic rings. The van der Waals surface area contributed by atoms with E-state index in [0.717, 1.165) is 13.0 Å². The lowest BCUT2D eigenvalue weighted by molar-refractivity contribution is 0.0907. The standard InChI is InChI=1S/C12H17N3O2/c1-8-9(4-5-17-8)6-15-12(16)10-2-3-11(13)14-7-10/h2-3,7-9H,4-6H2,1H3,(H2,13,14)(H,15,16). The first kappa shape index (κ1) is 11.9. The number of carbonyl (C=O) groups excluding carboxylic acids is 1. The Kier molecular flexibility index (Phi) is 3.58. The first-order chi connectivity index (χ1) is 8.16. The fourth-order valence-electron chi connectivity index (χ4n) is 1.91. The third-order valence-corrected chi connectivity index (χ3v) is 3.11. The molecule has 92 valence electrons. The summed E-state index contributed by atoms with van der Waals surface area (Å²) in [5.74, 6) is 0.705. The molecule has 5 nitrogen and oxygen atoms in total. The molecule has 1 aliphatic rings. The van der Waals surface area contributed by atoms with Gasteiger partial charge in [0.2, 0.25) is 0 Å². The third-order valence-electron chi connectivity index (χ3n) is 3.11. The van der Waals surface area contributed by atoms with Crippen LogP contribution >= 0.6 is 0 Å². The molecule has 0 spiro atoms. The van der Waals surface area contributed by atoms with Crippen molar-refractivity contribution in [2.45, 2.75) is 19.4 Å². The van der Waals surface area contributed by atoms with Crippen molar-refractivity contribution in [1.82, 2.24) is 10.3 Å². The largest absolute Gasteiger partial charge is 0.384 e. The molecule has 1 saturated heterocycles. The summed E-state index contributed by atoms with van der Waals surface area (Å²) >= 11 is 0. The van der Waals surface area contributed by atoms with E-state index in [1.165, 1.54) is 6.20 Å². The lowest BCUT2D eigenvalue weighted by atomic mass is 10.0. The van der Waals surface area contributed by atoms with Gasteiger partial charge in [-0.15, -0.1) is 0 Å². The molecule has 2 atom stereocenters. The topological polar surface area (TPSA) is 77.2 Å². The monoisotopic (exact) mass is 235 g/mol. The van der Waals surface area contributed by atoms with Crippen LogP contribution in [0.25, 0.3) is 0 Å². The molecular formula is C12H17N3O2. The van der Waals surface area contributed by atoms with E-state index >= 15 is 0 Å². The van der Waals surface area contributed by atoms with E-state index in [2.05, 4.69) is 10.3 Å². The van der Waals surface area contributed by atoms with Crippen LogP contribution in [0.2, 0.25) is 0 Å². The minimum atomic E-state index is -0.114. The smallest absolute Gasteiger partial charge is 0.252 e. The van der Waals surface area contributed by atoms with Gasteiger partial charge in [0.25, 0.3) is 5.91 Å². The van der Waals surface area contributed by atoms with E-state index in [0.29, 0.717) is 23.8 Å². The maximum absolute atomic E-state index is 11.8. The van der Waals surface area contributed by atoms with Crippen LogP contribution < -0.4 is 11.1 Å². The van der Waals surface area contributed by atoms with Crippen molar-refractivity contribution >= 4 is 11.7 Å². The molecular weight excluding hydrogens is 218 g/mol. The van der Waals surface area contributed by atoms with E-state index < -0.39 is 0 Å². The van der Waals surface area contributed by atoms with Crippen LogP contribution in [-0.4, -0.2) is 30.1 Å². The highest BCUT2D eigenvalue weighted by atomic mass is 16.5. The molecule has 3 N–H and O–H groups in total. The molecule has 0 saturated carbocycles. The Balaban J connectivity index is 1.87. The number of pyridine rings is 1. The van der Waals surface area contributed by atoms with Gasteiger partial charge in [-0.2, -0.15) is 0 Å². The van der Waals surface area contributed by atoms with Crippen molar-refractivity contribution in [3.63, 3.8) is 0 Å². The van der Waals surface area contributed by atoms with Crippen molar-refractivity contribution in [1.29, 1.82) is 0 Å². The van der Waals surface area contributed by atoms with E-state index in [9.17, 15) is 4.79 Å². The van der Waals surface area contributed by atoms with E-state index in [1.807, 2.05) is 6.92 Å². The summed E-state index contributed by atoms with van der Waals surface area (Å²) in [6.07, 6.45) is 2.71. The highest BCUT2D eigenvalue weighted by molar-refractivity contribution is 5.93. The molecule has 0 aromatic carbocycles. The fourth-order valence-corrected chi connectivity index (χ4v) is 1.91. The lowest BCUT2D eigenvalue weighted by Crippen LogP contribution is -2.32. The van der Waals surface area contributed by atoms with Crippen LogP contribution in [0.5, 0.6) is 0 Å². The molecule has 1 aromatic heterocycles. The van der Waals surface area contributed by atoms with Gasteiger partial charge in [-0.3, -0.25) is 4.79 Å². The zero-order valence-electron chi connectivity index (χ0n) is 9.85. The number of carbonyl (C=O) groups is 1. The molecule has 2 heterocycles. The van der Waals surface area contributed by atoms with E-state index in [1.54, 1.807) is 12.1 Å². The number of ether oxygens (including phenoxy) is 1. The molecule has 2 unspecified atom stereocenters. The van der Waals surface area contributed by atoms with Gasteiger partial charge >= 0.3 is 0 Å². The van der Waals surface area contributed by atoms with Gasteiger partial charge < -0.3 is 15.8 Å². The summed E-state index contributed by atoms with van der Waals surface area (Å²) in [5.41, 5.74) is 5.99. The van der Waals surface area contributed by atoms with Gasteiger partial charge in [0, 0.05) is 25.3 Å². The number of hydrogen-bond acceptors (Lipinski definition) is 4. The van der Waals surface area contributed by atoms with E-state index in [-0.39, 0.29) is 12.0 Å². The second kappa shape index (κ2) is 5.14. The SMILES string of the molecule is CC1OCCC1CNC(=O)c1ccc(N)nc1. The first-order valence-electron chi connectivity index (χ1n) is 5.78. The van der Waals surface area contributed by atoms with Crippen LogP contribution in [0.15, 0.2) is 18.3 Å². The summed E-state index contributed by atoms with van der Waals surface area (Å²) in [6.45, 7) is 3.46. The molecule has 0 bridgehead atoms. The van der Waals surface area contributed by atoms with Crippen LogP contribution in [-0.2, 0) is 4.74 Å². The molecule has 1 aliphatic heterocycles. The predicted molar refractivity (Wildman–Crippen MR) is 64.5 cm³/mol.